The standard InChI is InChI=1S/C20H27FN6O/c1-14-2-3-16(23-10-14)17-12-28-9-8-27(17)20-18(21)19(25-13-26-20)24-11-15-4-6-22-7-5-15/h2-3,10,13,15,17,22H,4-9,11-12H2,1H3,(H,24,25,26). The molecule has 0 aromatic carbocycles. The van der Waals surface area contributed by atoms with Gasteiger partial charge in [-0.25, -0.2) is 9.97 Å². The highest BCUT2D eigenvalue weighted by atomic mass is 19.1. The minimum Gasteiger partial charge on any atom is -0.377 e. The molecule has 8 heteroatoms. The summed E-state index contributed by atoms with van der Waals surface area (Å²) in [5.41, 5.74) is 1.94. The van der Waals surface area contributed by atoms with E-state index in [1.54, 1.807) is 0 Å². The number of nitrogens with one attached hydrogen (secondary N) is 2. The Bertz CT molecular complexity index is 781. The van der Waals surface area contributed by atoms with Crippen molar-refractivity contribution in [2.75, 3.05) is 49.6 Å². The molecule has 0 bridgehead atoms. The summed E-state index contributed by atoms with van der Waals surface area (Å²) < 4.78 is 20.9. The Labute approximate surface area is 164 Å². The molecular formula is C20H27FN6O. The van der Waals surface area contributed by atoms with E-state index in [-0.39, 0.29) is 11.9 Å². The van der Waals surface area contributed by atoms with Crippen molar-refractivity contribution >= 4 is 11.6 Å². The van der Waals surface area contributed by atoms with E-state index in [1.165, 1.54) is 6.33 Å². The average Bonchev–Trinajstić information content (AvgIpc) is 2.74. The molecule has 2 saturated heterocycles. The maximum absolute atomic E-state index is 15.3. The van der Waals surface area contributed by atoms with Crippen molar-refractivity contribution in [1.29, 1.82) is 0 Å². The van der Waals surface area contributed by atoms with Crippen molar-refractivity contribution in [3.63, 3.8) is 0 Å². The number of morpholine rings is 1. The largest absolute Gasteiger partial charge is 0.377 e. The summed E-state index contributed by atoms with van der Waals surface area (Å²) in [5, 5.41) is 6.55. The summed E-state index contributed by atoms with van der Waals surface area (Å²) in [6.45, 7) is 6.30. The molecule has 4 rings (SSSR count). The molecule has 150 valence electrons. The van der Waals surface area contributed by atoms with Crippen molar-refractivity contribution in [3.05, 3.63) is 41.7 Å². The molecular weight excluding hydrogens is 359 g/mol. The predicted molar refractivity (Wildman–Crippen MR) is 106 cm³/mol. The Morgan fingerprint density at radius 2 is 2.11 bits per heavy atom. The number of hydrogen-bond donors (Lipinski definition) is 2. The summed E-state index contributed by atoms with van der Waals surface area (Å²) in [6, 6.07) is 3.81. The number of aryl methyl sites for hydroxylation is 1. The molecule has 0 spiro atoms. The van der Waals surface area contributed by atoms with Gasteiger partial charge in [-0.15, -0.1) is 0 Å². The van der Waals surface area contributed by atoms with Crippen LogP contribution < -0.4 is 15.5 Å². The fraction of sp³-hybridized carbons (Fsp3) is 0.550. The van der Waals surface area contributed by atoms with E-state index in [2.05, 4.69) is 25.6 Å². The number of hydrogen-bond acceptors (Lipinski definition) is 7. The molecule has 0 radical (unpaired) electrons. The molecule has 2 aliphatic rings. The van der Waals surface area contributed by atoms with Gasteiger partial charge in [0, 0.05) is 19.3 Å². The van der Waals surface area contributed by atoms with Gasteiger partial charge < -0.3 is 20.3 Å². The molecule has 28 heavy (non-hydrogen) atoms. The van der Waals surface area contributed by atoms with Crippen LogP contribution in [0.15, 0.2) is 24.7 Å². The van der Waals surface area contributed by atoms with Crippen molar-refractivity contribution in [2.45, 2.75) is 25.8 Å². The van der Waals surface area contributed by atoms with Gasteiger partial charge in [-0.05, 0) is 50.4 Å². The Morgan fingerprint density at radius 3 is 2.89 bits per heavy atom. The highest BCUT2D eigenvalue weighted by Crippen LogP contribution is 2.31. The first-order valence-electron chi connectivity index (χ1n) is 9.94. The first-order valence-corrected chi connectivity index (χ1v) is 9.94. The third-order valence-electron chi connectivity index (χ3n) is 5.46. The number of pyridine rings is 1. The summed E-state index contributed by atoms with van der Waals surface area (Å²) in [4.78, 5) is 14.9. The average molecular weight is 386 g/mol. The Hall–Kier alpha value is -2.32. The summed E-state index contributed by atoms with van der Waals surface area (Å²) in [5.74, 6) is 0.700. The molecule has 0 aliphatic carbocycles. The van der Waals surface area contributed by atoms with Crippen LogP contribution in [0, 0.1) is 18.7 Å². The lowest BCUT2D eigenvalue weighted by Gasteiger charge is -2.36. The van der Waals surface area contributed by atoms with Gasteiger partial charge in [-0.2, -0.15) is 4.39 Å². The molecule has 2 N–H and O–H groups in total. The lowest BCUT2D eigenvalue weighted by Crippen LogP contribution is -2.41. The maximum atomic E-state index is 15.3. The van der Waals surface area contributed by atoms with Crippen LogP contribution in [-0.2, 0) is 4.74 Å². The lowest BCUT2D eigenvalue weighted by molar-refractivity contribution is 0.0921. The molecule has 2 aromatic heterocycles. The normalized spacial score (nSPS) is 20.9. The third-order valence-corrected chi connectivity index (χ3v) is 5.46. The van der Waals surface area contributed by atoms with Crippen molar-refractivity contribution < 1.29 is 9.13 Å². The van der Waals surface area contributed by atoms with Crippen LogP contribution in [0.25, 0.3) is 0 Å². The summed E-state index contributed by atoms with van der Waals surface area (Å²) in [6.07, 6.45) is 5.44. The van der Waals surface area contributed by atoms with E-state index >= 15 is 4.39 Å². The monoisotopic (exact) mass is 386 g/mol. The highest BCUT2D eigenvalue weighted by Gasteiger charge is 2.30. The van der Waals surface area contributed by atoms with Crippen LogP contribution in [0.3, 0.4) is 0 Å². The van der Waals surface area contributed by atoms with Crippen molar-refractivity contribution in [3.8, 4) is 0 Å². The van der Waals surface area contributed by atoms with Gasteiger partial charge in [-0.3, -0.25) is 4.98 Å². The first kappa shape index (κ1) is 19.0. The second-order valence-corrected chi connectivity index (χ2v) is 7.48. The molecule has 0 saturated carbocycles. The van der Waals surface area contributed by atoms with Crippen molar-refractivity contribution in [2.24, 2.45) is 5.92 Å². The Morgan fingerprint density at radius 1 is 1.25 bits per heavy atom. The van der Waals surface area contributed by atoms with Crippen LogP contribution in [0.1, 0.15) is 30.1 Å². The van der Waals surface area contributed by atoms with Gasteiger partial charge in [0.15, 0.2) is 11.6 Å². The van der Waals surface area contributed by atoms with E-state index in [9.17, 15) is 0 Å². The zero-order valence-electron chi connectivity index (χ0n) is 16.2. The minimum atomic E-state index is -0.407. The minimum absolute atomic E-state index is 0.170. The van der Waals surface area contributed by atoms with Crippen LogP contribution >= 0.6 is 0 Å². The fourth-order valence-electron chi connectivity index (χ4n) is 3.79. The maximum Gasteiger partial charge on any atom is 0.207 e. The second kappa shape index (κ2) is 8.79. The molecule has 2 fully saturated rings. The lowest BCUT2D eigenvalue weighted by atomic mass is 9.98. The number of piperidine rings is 1. The summed E-state index contributed by atoms with van der Waals surface area (Å²) >= 11 is 0. The van der Waals surface area contributed by atoms with Gasteiger partial charge in [0.2, 0.25) is 5.82 Å². The van der Waals surface area contributed by atoms with E-state index in [4.69, 9.17) is 4.74 Å². The van der Waals surface area contributed by atoms with Crippen LogP contribution in [-0.4, -0.2) is 54.3 Å². The van der Waals surface area contributed by atoms with E-state index in [0.29, 0.717) is 31.5 Å². The molecule has 4 heterocycles. The smallest absolute Gasteiger partial charge is 0.207 e. The molecule has 0 amide bonds. The predicted octanol–water partition coefficient (Wildman–Crippen LogP) is 2.31. The number of anilines is 2. The third kappa shape index (κ3) is 4.23. The topological polar surface area (TPSA) is 75.2 Å². The van der Waals surface area contributed by atoms with Gasteiger partial charge in [-0.1, -0.05) is 6.07 Å². The fourth-order valence-corrected chi connectivity index (χ4v) is 3.79. The quantitative estimate of drug-likeness (QED) is 0.817. The van der Waals surface area contributed by atoms with Gasteiger partial charge in [0.05, 0.1) is 24.9 Å². The number of nitrogens with zero attached hydrogens (tertiary/aromatic N) is 4. The molecule has 2 aromatic rings. The highest BCUT2D eigenvalue weighted by molar-refractivity contribution is 5.52. The molecule has 7 nitrogen and oxygen atoms in total. The zero-order chi connectivity index (χ0) is 19.3. The van der Waals surface area contributed by atoms with Gasteiger partial charge in [0.25, 0.3) is 0 Å². The molecule has 2 aliphatic heterocycles. The molecule has 1 atom stereocenters. The van der Waals surface area contributed by atoms with Gasteiger partial charge in [0.1, 0.15) is 6.33 Å². The Kier molecular flexibility index (Phi) is 5.97. The number of aromatic nitrogens is 3. The number of rotatable bonds is 5. The number of halogens is 1. The summed E-state index contributed by atoms with van der Waals surface area (Å²) in [7, 11) is 0. The van der Waals surface area contributed by atoms with Gasteiger partial charge >= 0.3 is 0 Å². The van der Waals surface area contributed by atoms with Crippen LogP contribution in [0.2, 0.25) is 0 Å². The van der Waals surface area contributed by atoms with E-state index in [1.807, 2.05) is 30.2 Å². The van der Waals surface area contributed by atoms with E-state index in [0.717, 1.165) is 43.7 Å². The van der Waals surface area contributed by atoms with Crippen molar-refractivity contribution in [1.82, 2.24) is 20.3 Å². The molecule has 1 unspecified atom stereocenters. The SMILES string of the molecule is Cc1ccc(C2COCCN2c2ncnc(NCC3CCNCC3)c2F)nc1. The zero-order valence-corrected chi connectivity index (χ0v) is 16.2. The Balaban J connectivity index is 1.53. The van der Waals surface area contributed by atoms with E-state index < -0.39 is 5.82 Å². The number of ether oxygens (including phenoxy) is 1. The van der Waals surface area contributed by atoms with Crippen LogP contribution in [0.4, 0.5) is 16.0 Å². The van der Waals surface area contributed by atoms with Crippen LogP contribution in [0.5, 0.6) is 0 Å². The second-order valence-electron chi connectivity index (χ2n) is 7.48. The first-order chi connectivity index (χ1) is 13.7.